The molecule has 0 bridgehead atoms. The maximum absolute atomic E-state index is 9.63. The van der Waals surface area contributed by atoms with Crippen LogP contribution in [0.5, 0.6) is 0 Å². The van der Waals surface area contributed by atoms with Gasteiger partial charge in [0.1, 0.15) is 5.82 Å². The fraction of sp³-hybridized carbons (Fsp3) is 0.643. The third-order valence-corrected chi connectivity index (χ3v) is 2.92. The van der Waals surface area contributed by atoms with E-state index < -0.39 is 6.10 Å². The van der Waals surface area contributed by atoms with Crippen molar-refractivity contribution in [1.82, 2.24) is 4.98 Å². The van der Waals surface area contributed by atoms with Crippen LogP contribution in [-0.4, -0.2) is 50.6 Å². The van der Waals surface area contributed by atoms with Gasteiger partial charge in [-0.2, -0.15) is 0 Å². The average Bonchev–Trinajstić information content (AvgIpc) is 2.43. The van der Waals surface area contributed by atoms with Gasteiger partial charge in [0.25, 0.3) is 0 Å². The van der Waals surface area contributed by atoms with Crippen molar-refractivity contribution in [3.8, 4) is 0 Å². The van der Waals surface area contributed by atoms with Gasteiger partial charge in [-0.15, -0.1) is 0 Å². The maximum atomic E-state index is 9.63. The van der Waals surface area contributed by atoms with Crippen LogP contribution in [0.2, 0.25) is 0 Å². The molecule has 1 rings (SSSR count). The molecule has 0 spiro atoms. The van der Waals surface area contributed by atoms with Crippen molar-refractivity contribution in [2.75, 3.05) is 45.4 Å². The van der Waals surface area contributed by atoms with Crippen molar-refractivity contribution >= 4 is 5.82 Å². The lowest BCUT2D eigenvalue weighted by Gasteiger charge is -2.24. The van der Waals surface area contributed by atoms with E-state index >= 15 is 0 Å². The minimum atomic E-state index is -0.481. The predicted molar refractivity (Wildman–Crippen MR) is 75.5 cm³/mol. The molecule has 1 N–H and O–H groups in total. The van der Waals surface area contributed by atoms with Gasteiger partial charge in [0.05, 0.1) is 12.7 Å². The summed E-state index contributed by atoms with van der Waals surface area (Å²) in [6.45, 7) is 4.75. The quantitative estimate of drug-likeness (QED) is 0.690. The Labute approximate surface area is 115 Å². The first-order chi connectivity index (χ1) is 9.19. The number of hydrogen-bond donors (Lipinski definition) is 1. The standard InChI is InChI=1S/C14H24N2O3/c1-12(17)13-5-6-15-14(11-13)16(8-10-19-3)7-4-9-18-2/h5-6,11-12,17H,4,7-10H2,1-3H3/t12-/m0/s1. The average molecular weight is 268 g/mol. The molecule has 0 aliphatic carbocycles. The van der Waals surface area contributed by atoms with Crippen molar-refractivity contribution in [2.24, 2.45) is 0 Å². The molecule has 108 valence electrons. The van der Waals surface area contributed by atoms with Gasteiger partial charge in [-0.05, 0) is 31.0 Å². The van der Waals surface area contributed by atoms with Gasteiger partial charge < -0.3 is 19.5 Å². The lowest BCUT2D eigenvalue weighted by molar-refractivity contribution is 0.190. The molecule has 0 aromatic carbocycles. The van der Waals surface area contributed by atoms with E-state index in [1.165, 1.54) is 0 Å². The summed E-state index contributed by atoms with van der Waals surface area (Å²) in [6, 6.07) is 3.75. The van der Waals surface area contributed by atoms with E-state index in [1.54, 1.807) is 27.3 Å². The third kappa shape index (κ3) is 5.55. The van der Waals surface area contributed by atoms with Crippen LogP contribution < -0.4 is 4.90 Å². The molecular weight excluding hydrogens is 244 g/mol. The summed E-state index contributed by atoms with van der Waals surface area (Å²) < 4.78 is 10.2. The molecule has 0 unspecified atom stereocenters. The first-order valence-corrected chi connectivity index (χ1v) is 6.56. The van der Waals surface area contributed by atoms with Crippen LogP contribution >= 0.6 is 0 Å². The highest BCUT2D eigenvalue weighted by Gasteiger charge is 2.10. The van der Waals surface area contributed by atoms with E-state index in [2.05, 4.69) is 9.88 Å². The smallest absolute Gasteiger partial charge is 0.128 e. The largest absolute Gasteiger partial charge is 0.389 e. The molecule has 0 fully saturated rings. The Kier molecular flexibility index (Phi) is 7.40. The highest BCUT2D eigenvalue weighted by atomic mass is 16.5. The number of methoxy groups -OCH3 is 2. The van der Waals surface area contributed by atoms with Crippen LogP contribution in [-0.2, 0) is 9.47 Å². The highest BCUT2D eigenvalue weighted by molar-refractivity contribution is 5.41. The minimum Gasteiger partial charge on any atom is -0.389 e. The molecule has 0 saturated heterocycles. The highest BCUT2D eigenvalue weighted by Crippen LogP contribution is 2.18. The Balaban J connectivity index is 2.74. The fourth-order valence-electron chi connectivity index (χ4n) is 1.81. The number of ether oxygens (including phenoxy) is 2. The Hall–Kier alpha value is -1.17. The normalized spacial score (nSPS) is 12.4. The van der Waals surface area contributed by atoms with Gasteiger partial charge >= 0.3 is 0 Å². The first kappa shape index (κ1) is 15.9. The summed E-state index contributed by atoms with van der Waals surface area (Å²) in [5, 5.41) is 9.63. The zero-order valence-electron chi connectivity index (χ0n) is 12.0. The third-order valence-electron chi connectivity index (χ3n) is 2.92. The molecule has 0 radical (unpaired) electrons. The molecule has 0 aliphatic rings. The molecule has 1 atom stereocenters. The van der Waals surface area contributed by atoms with Gasteiger partial charge in [-0.25, -0.2) is 4.98 Å². The SMILES string of the molecule is COCCCN(CCOC)c1cc([C@H](C)O)ccn1. The lowest BCUT2D eigenvalue weighted by Crippen LogP contribution is -2.29. The Morgan fingerprint density at radius 2 is 2.00 bits per heavy atom. The Bertz CT molecular complexity index is 358. The van der Waals surface area contributed by atoms with Gasteiger partial charge in [0, 0.05) is 40.1 Å². The zero-order valence-corrected chi connectivity index (χ0v) is 12.0. The van der Waals surface area contributed by atoms with Gasteiger partial charge in [-0.1, -0.05) is 0 Å². The Morgan fingerprint density at radius 1 is 1.26 bits per heavy atom. The van der Waals surface area contributed by atoms with E-state index in [0.717, 1.165) is 37.5 Å². The van der Waals surface area contributed by atoms with Crippen molar-refractivity contribution in [2.45, 2.75) is 19.4 Å². The van der Waals surface area contributed by atoms with Gasteiger partial charge in [0.2, 0.25) is 0 Å². The van der Waals surface area contributed by atoms with Crippen molar-refractivity contribution in [3.05, 3.63) is 23.9 Å². The van der Waals surface area contributed by atoms with Crippen LogP contribution in [0.1, 0.15) is 25.0 Å². The van der Waals surface area contributed by atoms with E-state index in [9.17, 15) is 5.11 Å². The topological polar surface area (TPSA) is 54.8 Å². The number of anilines is 1. The summed E-state index contributed by atoms with van der Waals surface area (Å²) in [5.41, 5.74) is 0.874. The van der Waals surface area contributed by atoms with Gasteiger partial charge in [0.15, 0.2) is 0 Å². The summed E-state index contributed by atoms with van der Waals surface area (Å²) in [7, 11) is 3.39. The van der Waals surface area contributed by atoms with Crippen LogP contribution in [0.3, 0.4) is 0 Å². The molecule has 5 heteroatoms. The monoisotopic (exact) mass is 268 g/mol. The Morgan fingerprint density at radius 3 is 2.63 bits per heavy atom. The lowest BCUT2D eigenvalue weighted by atomic mass is 10.1. The van der Waals surface area contributed by atoms with E-state index in [1.807, 2.05) is 12.1 Å². The molecular formula is C14H24N2O3. The maximum Gasteiger partial charge on any atom is 0.128 e. The second-order valence-corrected chi connectivity index (χ2v) is 4.45. The zero-order chi connectivity index (χ0) is 14.1. The van der Waals surface area contributed by atoms with Crippen LogP contribution in [0.15, 0.2) is 18.3 Å². The molecule has 5 nitrogen and oxygen atoms in total. The van der Waals surface area contributed by atoms with Crippen molar-refractivity contribution < 1.29 is 14.6 Å². The number of aliphatic hydroxyl groups is 1. The second-order valence-electron chi connectivity index (χ2n) is 4.45. The van der Waals surface area contributed by atoms with Gasteiger partial charge in [-0.3, -0.25) is 0 Å². The summed E-state index contributed by atoms with van der Waals surface area (Å²) >= 11 is 0. The van der Waals surface area contributed by atoms with E-state index in [4.69, 9.17) is 9.47 Å². The number of aliphatic hydroxyl groups excluding tert-OH is 1. The molecule has 1 aromatic rings. The fourth-order valence-corrected chi connectivity index (χ4v) is 1.81. The number of nitrogens with zero attached hydrogens (tertiary/aromatic N) is 2. The van der Waals surface area contributed by atoms with Crippen LogP contribution in [0.25, 0.3) is 0 Å². The van der Waals surface area contributed by atoms with E-state index in [0.29, 0.717) is 6.61 Å². The van der Waals surface area contributed by atoms with Crippen LogP contribution in [0.4, 0.5) is 5.82 Å². The molecule has 19 heavy (non-hydrogen) atoms. The summed E-state index contributed by atoms with van der Waals surface area (Å²) in [6.07, 6.45) is 2.18. The molecule has 1 heterocycles. The number of pyridine rings is 1. The summed E-state index contributed by atoms with van der Waals surface area (Å²) in [4.78, 5) is 6.52. The van der Waals surface area contributed by atoms with Crippen LogP contribution in [0, 0.1) is 0 Å². The number of aromatic nitrogens is 1. The second kappa shape index (κ2) is 8.85. The number of rotatable bonds is 9. The minimum absolute atomic E-state index is 0.481. The predicted octanol–water partition coefficient (Wildman–Crippen LogP) is 1.62. The molecule has 0 saturated carbocycles. The van der Waals surface area contributed by atoms with Crippen molar-refractivity contribution in [3.63, 3.8) is 0 Å². The first-order valence-electron chi connectivity index (χ1n) is 6.56. The molecule has 0 amide bonds. The van der Waals surface area contributed by atoms with E-state index in [-0.39, 0.29) is 0 Å². The molecule has 0 aliphatic heterocycles. The summed E-state index contributed by atoms with van der Waals surface area (Å²) in [5.74, 6) is 0.867. The number of hydrogen-bond acceptors (Lipinski definition) is 5. The molecule has 1 aromatic heterocycles. The van der Waals surface area contributed by atoms with Crippen molar-refractivity contribution in [1.29, 1.82) is 0 Å².